The maximum Gasteiger partial charge on any atom is 0.0328 e. The van der Waals surface area contributed by atoms with Crippen molar-refractivity contribution in [3.63, 3.8) is 0 Å². The molecule has 2 aromatic carbocycles. The van der Waals surface area contributed by atoms with Crippen LogP contribution in [0.15, 0.2) is 36.4 Å². The molecule has 2 aromatic rings. The average molecular weight is 283 g/mol. The van der Waals surface area contributed by atoms with Gasteiger partial charge >= 0.3 is 0 Å². The predicted molar refractivity (Wildman–Crippen MR) is 93.9 cm³/mol. The fourth-order valence-corrected chi connectivity index (χ4v) is 3.24. The summed E-state index contributed by atoms with van der Waals surface area (Å²) in [6.07, 6.45) is 6.56. The highest BCUT2D eigenvalue weighted by molar-refractivity contribution is 5.87. The van der Waals surface area contributed by atoms with Crippen molar-refractivity contribution in [1.29, 1.82) is 0 Å². The van der Waals surface area contributed by atoms with Gasteiger partial charge in [0.1, 0.15) is 0 Å². The number of hydrogen-bond donors (Lipinski definition) is 1. The lowest BCUT2D eigenvalue weighted by atomic mass is 9.91. The molecule has 0 fully saturated rings. The summed E-state index contributed by atoms with van der Waals surface area (Å²) in [4.78, 5) is 0. The van der Waals surface area contributed by atoms with Gasteiger partial charge in [0.15, 0.2) is 0 Å². The van der Waals surface area contributed by atoms with E-state index in [1.807, 2.05) is 0 Å². The molecular weight excluding hydrogens is 254 g/mol. The lowest BCUT2D eigenvalue weighted by molar-refractivity contribution is 0.483. The van der Waals surface area contributed by atoms with Crippen molar-refractivity contribution in [3.8, 4) is 0 Å². The quantitative estimate of drug-likeness (QED) is 0.606. The molecule has 1 N–H and O–H groups in total. The second-order valence-corrected chi connectivity index (χ2v) is 5.98. The lowest BCUT2D eigenvalue weighted by Gasteiger charge is -2.22. The van der Waals surface area contributed by atoms with Crippen LogP contribution in [0, 0.1) is 6.92 Å². The Morgan fingerprint density at radius 2 is 1.76 bits per heavy atom. The summed E-state index contributed by atoms with van der Waals surface area (Å²) in [6, 6.07) is 13.8. The number of rotatable bonds is 8. The summed E-state index contributed by atoms with van der Waals surface area (Å²) >= 11 is 0. The largest absolute Gasteiger partial charge is 0.310 e. The standard InChI is InChI=1S/C20H29N/c1-4-6-7-8-13-19(21-5-2)20-16(3)14-15-17-11-9-10-12-18(17)20/h9-12,14-15,19,21H,4-8,13H2,1-3H3. The van der Waals surface area contributed by atoms with Crippen molar-refractivity contribution < 1.29 is 0 Å². The first kappa shape index (κ1) is 16.0. The summed E-state index contributed by atoms with van der Waals surface area (Å²) in [7, 11) is 0. The molecule has 1 unspecified atom stereocenters. The van der Waals surface area contributed by atoms with Gasteiger partial charge in [0.25, 0.3) is 0 Å². The van der Waals surface area contributed by atoms with Gasteiger partial charge in [-0.3, -0.25) is 0 Å². The molecule has 0 aliphatic carbocycles. The first-order valence-electron chi connectivity index (χ1n) is 8.49. The molecule has 114 valence electrons. The molecule has 0 heterocycles. The van der Waals surface area contributed by atoms with Crippen molar-refractivity contribution >= 4 is 10.8 Å². The Morgan fingerprint density at radius 1 is 0.952 bits per heavy atom. The molecule has 0 aliphatic rings. The molecule has 1 heteroatoms. The van der Waals surface area contributed by atoms with E-state index in [2.05, 4.69) is 62.5 Å². The van der Waals surface area contributed by atoms with E-state index in [1.165, 1.54) is 54.0 Å². The van der Waals surface area contributed by atoms with E-state index in [9.17, 15) is 0 Å². The van der Waals surface area contributed by atoms with Crippen molar-refractivity contribution in [2.24, 2.45) is 0 Å². The summed E-state index contributed by atoms with van der Waals surface area (Å²) in [5.74, 6) is 0. The van der Waals surface area contributed by atoms with E-state index >= 15 is 0 Å². The highest BCUT2D eigenvalue weighted by Gasteiger charge is 2.15. The zero-order valence-corrected chi connectivity index (χ0v) is 13.8. The van der Waals surface area contributed by atoms with Crippen LogP contribution < -0.4 is 5.32 Å². The Labute approximate surface area is 129 Å². The molecular formula is C20H29N. The second kappa shape index (κ2) is 8.19. The Hall–Kier alpha value is -1.34. The van der Waals surface area contributed by atoms with Gasteiger partial charge < -0.3 is 5.32 Å². The number of aryl methyl sites for hydroxylation is 1. The maximum atomic E-state index is 3.71. The topological polar surface area (TPSA) is 12.0 Å². The number of hydrogen-bond acceptors (Lipinski definition) is 1. The monoisotopic (exact) mass is 283 g/mol. The lowest BCUT2D eigenvalue weighted by Crippen LogP contribution is -2.22. The van der Waals surface area contributed by atoms with E-state index in [0.29, 0.717) is 6.04 Å². The van der Waals surface area contributed by atoms with Crippen LogP contribution in [0.4, 0.5) is 0 Å². The fraction of sp³-hybridized carbons (Fsp3) is 0.500. The number of nitrogens with one attached hydrogen (secondary N) is 1. The van der Waals surface area contributed by atoms with Crippen LogP contribution >= 0.6 is 0 Å². The van der Waals surface area contributed by atoms with Crippen LogP contribution in [0.2, 0.25) is 0 Å². The highest BCUT2D eigenvalue weighted by atomic mass is 14.9. The van der Waals surface area contributed by atoms with Crippen molar-refractivity contribution in [3.05, 3.63) is 47.5 Å². The SMILES string of the molecule is CCCCCCC(NCC)c1c(C)ccc2ccccc12. The minimum absolute atomic E-state index is 0.484. The molecule has 1 atom stereocenters. The van der Waals surface area contributed by atoms with Gasteiger partial charge in [0, 0.05) is 6.04 Å². The highest BCUT2D eigenvalue weighted by Crippen LogP contribution is 2.30. The second-order valence-electron chi connectivity index (χ2n) is 5.98. The predicted octanol–water partition coefficient (Wildman–Crippen LogP) is 5.77. The third-order valence-electron chi connectivity index (χ3n) is 4.33. The molecule has 2 rings (SSSR count). The molecule has 0 radical (unpaired) electrons. The number of unbranched alkanes of at least 4 members (excludes halogenated alkanes) is 3. The third kappa shape index (κ3) is 4.07. The first-order valence-corrected chi connectivity index (χ1v) is 8.49. The van der Waals surface area contributed by atoms with Crippen molar-refractivity contribution in [2.75, 3.05) is 6.54 Å². The summed E-state index contributed by atoms with van der Waals surface area (Å²) in [5.41, 5.74) is 2.92. The van der Waals surface area contributed by atoms with Crippen LogP contribution in [0.5, 0.6) is 0 Å². The van der Waals surface area contributed by atoms with Crippen LogP contribution in [-0.4, -0.2) is 6.54 Å². The van der Waals surface area contributed by atoms with Crippen LogP contribution in [0.1, 0.15) is 63.1 Å². The summed E-state index contributed by atoms with van der Waals surface area (Å²) in [5, 5.41) is 6.48. The Bertz CT molecular complexity index is 559. The first-order chi connectivity index (χ1) is 10.3. The van der Waals surface area contributed by atoms with Crippen LogP contribution in [0.3, 0.4) is 0 Å². The van der Waals surface area contributed by atoms with E-state index in [-0.39, 0.29) is 0 Å². The molecule has 0 saturated carbocycles. The van der Waals surface area contributed by atoms with Crippen molar-refractivity contribution in [2.45, 2.75) is 58.9 Å². The van der Waals surface area contributed by atoms with E-state index in [1.54, 1.807) is 0 Å². The zero-order valence-electron chi connectivity index (χ0n) is 13.8. The van der Waals surface area contributed by atoms with Crippen LogP contribution in [0.25, 0.3) is 10.8 Å². The van der Waals surface area contributed by atoms with Crippen molar-refractivity contribution in [1.82, 2.24) is 5.32 Å². The van der Waals surface area contributed by atoms with Gasteiger partial charge in [-0.25, -0.2) is 0 Å². The van der Waals surface area contributed by atoms with Gasteiger partial charge in [0.2, 0.25) is 0 Å². The summed E-state index contributed by atoms with van der Waals surface area (Å²) < 4.78 is 0. The summed E-state index contributed by atoms with van der Waals surface area (Å²) in [6.45, 7) is 7.76. The van der Waals surface area contributed by atoms with E-state index < -0.39 is 0 Å². The van der Waals surface area contributed by atoms with Gasteiger partial charge in [-0.15, -0.1) is 0 Å². The van der Waals surface area contributed by atoms with Gasteiger partial charge in [-0.1, -0.05) is 75.9 Å². The number of benzene rings is 2. The molecule has 21 heavy (non-hydrogen) atoms. The van der Waals surface area contributed by atoms with Gasteiger partial charge in [-0.2, -0.15) is 0 Å². The fourth-order valence-electron chi connectivity index (χ4n) is 3.24. The molecule has 0 amide bonds. The number of fused-ring (bicyclic) bond motifs is 1. The maximum absolute atomic E-state index is 3.71. The normalized spacial score (nSPS) is 12.7. The molecule has 0 aromatic heterocycles. The van der Waals surface area contributed by atoms with E-state index in [4.69, 9.17) is 0 Å². The average Bonchev–Trinajstić information content (AvgIpc) is 2.51. The molecule has 0 saturated heterocycles. The molecule has 0 aliphatic heterocycles. The molecule has 1 nitrogen and oxygen atoms in total. The minimum Gasteiger partial charge on any atom is -0.310 e. The smallest absolute Gasteiger partial charge is 0.0328 e. The van der Waals surface area contributed by atoms with Gasteiger partial charge in [-0.05, 0) is 41.8 Å². The van der Waals surface area contributed by atoms with E-state index in [0.717, 1.165) is 6.54 Å². The third-order valence-corrected chi connectivity index (χ3v) is 4.33. The Balaban J connectivity index is 2.28. The van der Waals surface area contributed by atoms with Crippen LogP contribution in [-0.2, 0) is 0 Å². The minimum atomic E-state index is 0.484. The Kier molecular flexibility index (Phi) is 6.25. The van der Waals surface area contributed by atoms with Gasteiger partial charge in [0.05, 0.1) is 0 Å². The zero-order chi connectivity index (χ0) is 15.1. The molecule has 0 spiro atoms. The molecule has 0 bridgehead atoms. The Morgan fingerprint density at radius 3 is 2.52 bits per heavy atom.